The molecule has 104 valence electrons. The summed E-state index contributed by atoms with van der Waals surface area (Å²) in [5, 5.41) is -0.327. The molecule has 2 aromatic carbocycles. The van der Waals surface area contributed by atoms with E-state index in [0.717, 1.165) is 16.9 Å². The van der Waals surface area contributed by atoms with Crippen LogP contribution in [0.15, 0.2) is 48.5 Å². The minimum absolute atomic E-state index is 0.0224. The largest absolute Gasteiger partial charge is 0.497 e. The number of methoxy groups -OCH3 is 1. The number of ether oxygens (including phenoxy) is 1. The third-order valence-electron chi connectivity index (χ3n) is 3.33. The monoisotopic (exact) mass is 288 g/mol. The van der Waals surface area contributed by atoms with E-state index in [-0.39, 0.29) is 17.6 Å². The average Bonchev–Trinajstić information content (AvgIpc) is 2.45. The van der Waals surface area contributed by atoms with Crippen LogP contribution >= 0.6 is 11.6 Å². The zero-order chi connectivity index (χ0) is 14.5. The zero-order valence-electron chi connectivity index (χ0n) is 11.6. The maximum Gasteiger partial charge on any atom is 0.222 e. The summed E-state index contributed by atoms with van der Waals surface area (Å²) in [6, 6.07) is 15.9. The van der Waals surface area contributed by atoms with Crippen LogP contribution in [0.3, 0.4) is 0 Å². The maximum absolute atomic E-state index is 11.3. The molecule has 1 unspecified atom stereocenters. The van der Waals surface area contributed by atoms with Crippen LogP contribution in [-0.2, 0) is 4.79 Å². The average molecular weight is 289 g/mol. The molecule has 0 aromatic heterocycles. The van der Waals surface area contributed by atoms with Crippen LogP contribution < -0.4 is 4.74 Å². The highest BCUT2D eigenvalue weighted by Crippen LogP contribution is 2.30. The Morgan fingerprint density at radius 1 is 1.15 bits per heavy atom. The number of aryl methyl sites for hydroxylation is 1. The highest BCUT2D eigenvalue weighted by molar-refractivity contribution is 6.63. The third kappa shape index (κ3) is 3.61. The molecule has 1 atom stereocenters. The van der Waals surface area contributed by atoms with Gasteiger partial charge >= 0.3 is 0 Å². The summed E-state index contributed by atoms with van der Waals surface area (Å²) in [5.41, 5.74) is 3.33. The Morgan fingerprint density at radius 2 is 1.85 bits per heavy atom. The lowest BCUT2D eigenvalue weighted by molar-refractivity contribution is -0.111. The number of rotatable bonds is 5. The van der Waals surface area contributed by atoms with Gasteiger partial charge in [-0.15, -0.1) is 0 Å². The number of carbonyl (C=O) groups is 1. The molecule has 0 aliphatic heterocycles. The van der Waals surface area contributed by atoms with Gasteiger partial charge in [0.15, 0.2) is 0 Å². The van der Waals surface area contributed by atoms with Crippen LogP contribution in [0.4, 0.5) is 0 Å². The fraction of sp³-hybridized carbons (Fsp3) is 0.235. The summed E-state index contributed by atoms with van der Waals surface area (Å²) in [6.07, 6.45) is 0.289. The van der Waals surface area contributed by atoms with E-state index < -0.39 is 0 Å². The first-order valence-electron chi connectivity index (χ1n) is 6.49. The number of hydrogen-bond acceptors (Lipinski definition) is 2. The molecule has 0 heterocycles. The summed E-state index contributed by atoms with van der Waals surface area (Å²) in [4.78, 5) is 11.3. The predicted octanol–water partition coefficient (Wildman–Crippen LogP) is 4.29. The van der Waals surface area contributed by atoms with Crippen molar-refractivity contribution >= 4 is 16.8 Å². The van der Waals surface area contributed by atoms with Gasteiger partial charge in [0.25, 0.3) is 0 Å². The van der Waals surface area contributed by atoms with Gasteiger partial charge in [-0.1, -0.05) is 42.0 Å². The molecule has 2 rings (SSSR count). The first kappa shape index (κ1) is 14.6. The molecule has 0 saturated carbocycles. The van der Waals surface area contributed by atoms with E-state index in [0.29, 0.717) is 0 Å². The molecule has 0 bridgehead atoms. The summed E-state index contributed by atoms with van der Waals surface area (Å²) in [6.45, 7) is 2.04. The van der Waals surface area contributed by atoms with Crippen LogP contribution in [0.25, 0.3) is 0 Å². The second-order valence-electron chi connectivity index (χ2n) is 4.80. The highest BCUT2D eigenvalue weighted by Gasteiger charge is 2.17. The molecule has 20 heavy (non-hydrogen) atoms. The van der Waals surface area contributed by atoms with Crippen LogP contribution in [0, 0.1) is 6.92 Å². The fourth-order valence-electron chi connectivity index (χ4n) is 2.31. The molecule has 0 fully saturated rings. The highest BCUT2D eigenvalue weighted by atomic mass is 35.5. The topological polar surface area (TPSA) is 26.3 Å². The number of benzene rings is 2. The third-order valence-corrected chi connectivity index (χ3v) is 3.48. The Hall–Kier alpha value is -1.80. The van der Waals surface area contributed by atoms with Gasteiger partial charge < -0.3 is 4.74 Å². The standard InChI is InChI=1S/C17H17ClO2/c1-12-4-3-5-14(10-12)16(11-17(18)19)13-6-8-15(20-2)9-7-13/h3-10,16H,11H2,1-2H3. The molecule has 0 N–H and O–H groups in total. The van der Waals surface area contributed by atoms with Crippen molar-refractivity contribution in [3.63, 3.8) is 0 Å². The van der Waals surface area contributed by atoms with Crippen molar-refractivity contribution < 1.29 is 9.53 Å². The van der Waals surface area contributed by atoms with E-state index in [4.69, 9.17) is 16.3 Å². The van der Waals surface area contributed by atoms with Crippen molar-refractivity contribution in [3.8, 4) is 5.75 Å². The first-order chi connectivity index (χ1) is 9.60. The zero-order valence-corrected chi connectivity index (χ0v) is 12.4. The van der Waals surface area contributed by atoms with Crippen molar-refractivity contribution in [2.24, 2.45) is 0 Å². The fourth-order valence-corrected chi connectivity index (χ4v) is 2.47. The number of hydrogen-bond donors (Lipinski definition) is 0. The Balaban J connectivity index is 2.38. The molecule has 0 aliphatic carbocycles. The second-order valence-corrected chi connectivity index (χ2v) is 5.22. The van der Waals surface area contributed by atoms with Crippen molar-refractivity contribution in [2.45, 2.75) is 19.3 Å². The van der Waals surface area contributed by atoms with E-state index in [1.165, 1.54) is 5.56 Å². The summed E-state index contributed by atoms with van der Waals surface area (Å²) >= 11 is 5.61. The van der Waals surface area contributed by atoms with Gasteiger partial charge in [-0.05, 0) is 41.8 Å². The molecule has 0 aliphatic rings. The summed E-state index contributed by atoms with van der Waals surface area (Å²) in [7, 11) is 1.63. The van der Waals surface area contributed by atoms with E-state index in [1.807, 2.05) is 49.4 Å². The van der Waals surface area contributed by atoms with Gasteiger partial charge in [0.1, 0.15) is 5.75 Å². The molecule has 0 spiro atoms. The van der Waals surface area contributed by atoms with Gasteiger partial charge in [0.05, 0.1) is 7.11 Å². The maximum atomic E-state index is 11.3. The van der Waals surface area contributed by atoms with E-state index >= 15 is 0 Å². The van der Waals surface area contributed by atoms with Crippen LogP contribution in [0.1, 0.15) is 29.0 Å². The second kappa shape index (κ2) is 6.58. The van der Waals surface area contributed by atoms with E-state index in [2.05, 4.69) is 6.07 Å². The molecule has 2 nitrogen and oxygen atoms in total. The van der Waals surface area contributed by atoms with Gasteiger partial charge in [0.2, 0.25) is 5.24 Å². The summed E-state index contributed by atoms with van der Waals surface area (Å²) in [5.74, 6) is 0.778. The van der Waals surface area contributed by atoms with E-state index in [9.17, 15) is 4.79 Å². The Labute approximate surface area is 124 Å². The molecule has 3 heteroatoms. The SMILES string of the molecule is COc1ccc(C(CC(=O)Cl)c2cccc(C)c2)cc1. The van der Waals surface area contributed by atoms with Crippen LogP contribution in [-0.4, -0.2) is 12.4 Å². The predicted molar refractivity (Wildman–Crippen MR) is 81.5 cm³/mol. The quantitative estimate of drug-likeness (QED) is 0.767. The molecular formula is C17H17ClO2. The number of carbonyl (C=O) groups excluding carboxylic acids is 1. The molecular weight excluding hydrogens is 272 g/mol. The normalized spacial score (nSPS) is 11.9. The lowest BCUT2D eigenvalue weighted by Crippen LogP contribution is -2.05. The minimum atomic E-state index is -0.327. The van der Waals surface area contributed by atoms with E-state index in [1.54, 1.807) is 7.11 Å². The van der Waals surface area contributed by atoms with Gasteiger partial charge in [-0.3, -0.25) is 4.79 Å². The molecule has 0 saturated heterocycles. The van der Waals surface area contributed by atoms with Crippen LogP contribution in [0.5, 0.6) is 5.75 Å². The van der Waals surface area contributed by atoms with Crippen LogP contribution in [0.2, 0.25) is 0 Å². The number of halogens is 1. The van der Waals surface area contributed by atoms with Gasteiger partial charge in [-0.2, -0.15) is 0 Å². The van der Waals surface area contributed by atoms with Crippen molar-refractivity contribution in [3.05, 3.63) is 65.2 Å². The summed E-state index contributed by atoms with van der Waals surface area (Å²) < 4.78 is 5.16. The Bertz CT molecular complexity index is 590. The molecule has 0 radical (unpaired) electrons. The molecule has 0 amide bonds. The van der Waals surface area contributed by atoms with Gasteiger partial charge in [0, 0.05) is 12.3 Å². The Morgan fingerprint density at radius 3 is 2.40 bits per heavy atom. The van der Waals surface area contributed by atoms with Crippen molar-refractivity contribution in [1.82, 2.24) is 0 Å². The lowest BCUT2D eigenvalue weighted by atomic mass is 9.88. The Kier molecular flexibility index (Phi) is 4.80. The smallest absolute Gasteiger partial charge is 0.222 e. The van der Waals surface area contributed by atoms with Crippen molar-refractivity contribution in [2.75, 3.05) is 7.11 Å². The lowest BCUT2D eigenvalue weighted by Gasteiger charge is -2.17. The van der Waals surface area contributed by atoms with Crippen molar-refractivity contribution in [1.29, 1.82) is 0 Å². The van der Waals surface area contributed by atoms with Gasteiger partial charge in [-0.25, -0.2) is 0 Å². The molecule has 2 aromatic rings. The first-order valence-corrected chi connectivity index (χ1v) is 6.87. The minimum Gasteiger partial charge on any atom is -0.497 e.